The summed E-state index contributed by atoms with van der Waals surface area (Å²) in [7, 11) is 0. The minimum Gasteiger partial charge on any atom is -0.467 e. The summed E-state index contributed by atoms with van der Waals surface area (Å²) in [6.07, 6.45) is -3.39. The van der Waals surface area contributed by atoms with Crippen LogP contribution in [0.5, 0.6) is 0 Å². The largest absolute Gasteiger partial charge is 0.467 e. The van der Waals surface area contributed by atoms with Crippen LogP contribution in [0.25, 0.3) is 0 Å². The number of furan rings is 1. The van der Waals surface area contributed by atoms with Crippen molar-refractivity contribution in [2.45, 2.75) is 37.6 Å². The lowest BCUT2D eigenvalue weighted by Gasteiger charge is -2.32. The fourth-order valence-corrected chi connectivity index (χ4v) is 3.46. The van der Waals surface area contributed by atoms with E-state index in [0.29, 0.717) is 5.76 Å². The Bertz CT molecular complexity index is 983. The first-order valence-corrected chi connectivity index (χ1v) is 9.15. The van der Waals surface area contributed by atoms with Gasteiger partial charge in [-0.2, -0.15) is 18.3 Å². The maximum Gasteiger partial charge on any atom is 0.410 e. The predicted molar refractivity (Wildman–Crippen MR) is 99.3 cm³/mol. The van der Waals surface area contributed by atoms with Crippen molar-refractivity contribution in [3.8, 4) is 0 Å². The second-order valence-electron chi connectivity index (χ2n) is 6.97. The van der Waals surface area contributed by atoms with Crippen LogP contribution in [0, 0.1) is 0 Å². The van der Waals surface area contributed by atoms with E-state index in [4.69, 9.17) is 4.42 Å². The molecular formula is C20H19F3N4O2. The van der Waals surface area contributed by atoms with E-state index >= 15 is 0 Å². The molecule has 0 fully saturated rings. The van der Waals surface area contributed by atoms with E-state index < -0.39 is 24.2 Å². The van der Waals surface area contributed by atoms with Crippen molar-refractivity contribution in [2.24, 2.45) is 0 Å². The van der Waals surface area contributed by atoms with E-state index in [2.05, 4.69) is 15.7 Å². The van der Waals surface area contributed by atoms with E-state index in [1.165, 1.54) is 12.3 Å². The van der Waals surface area contributed by atoms with Gasteiger partial charge in [0.15, 0.2) is 11.7 Å². The van der Waals surface area contributed by atoms with Crippen molar-refractivity contribution in [3.05, 3.63) is 71.8 Å². The van der Waals surface area contributed by atoms with Crippen molar-refractivity contribution in [1.29, 1.82) is 0 Å². The van der Waals surface area contributed by atoms with E-state index in [9.17, 15) is 18.0 Å². The van der Waals surface area contributed by atoms with E-state index in [0.717, 1.165) is 10.2 Å². The number of nitrogens with zero attached hydrogens (tertiary/aromatic N) is 2. The quantitative estimate of drug-likeness (QED) is 0.665. The highest BCUT2D eigenvalue weighted by Crippen LogP contribution is 2.43. The molecule has 4 rings (SSSR count). The van der Waals surface area contributed by atoms with Crippen LogP contribution in [0.2, 0.25) is 0 Å². The third-order valence-corrected chi connectivity index (χ3v) is 4.96. The second kappa shape index (κ2) is 7.31. The molecule has 9 heteroatoms. The number of carbonyl (C=O) groups excluding carboxylic acids is 1. The average Bonchev–Trinajstić information content (AvgIpc) is 3.36. The van der Waals surface area contributed by atoms with Crippen molar-refractivity contribution < 1.29 is 22.4 Å². The van der Waals surface area contributed by atoms with Gasteiger partial charge in [-0.3, -0.25) is 4.79 Å². The SMILES string of the molecule is C[C@H](NC(=O)c1cc2n(n1)[C@@H](C(F)(F)F)C[C@@H](c1ccco1)N2)c1ccccc1. The summed E-state index contributed by atoms with van der Waals surface area (Å²) < 4.78 is 47.1. The monoisotopic (exact) mass is 404 g/mol. The number of benzene rings is 1. The molecule has 152 valence electrons. The first-order valence-electron chi connectivity index (χ1n) is 9.15. The molecule has 2 aromatic heterocycles. The lowest BCUT2D eigenvalue weighted by atomic mass is 10.0. The topological polar surface area (TPSA) is 72.1 Å². The van der Waals surface area contributed by atoms with Gasteiger partial charge in [-0.25, -0.2) is 4.68 Å². The Hall–Kier alpha value is -3.23. The summed E-state index contributed by atoms with van der Waals surface area (Å²) in [5.41, 5.74) is 0.804. The first-order chi connectivity index (χ1) is 13.8. The number of nitrogens with one attached hydrogen (secondary N) is 2. The van der Waals surface area contributed by atoms with Crippen LogP contribution in [0.4, 0.5) is 19.0 Å². The van der Waals surface area contributed by atoms with Crippen molar-refractivity contribution in [2.75, 3.05) is 5.32 Å². The maximum absolute atomic E-state index is 13.7. The molecule has 1 amide bonds. The fraction of sp³-hybridized carbons (Fsp3) is 0.300. The molecule has 3 aromatic rings. The molecule has 1 aliphatic heterocycles. The summed E-state index contributed by atoms with van der Waals surface area (Å²) in [4.78, 5) is 12.6. The van der Waals surface area contributed by atoms with Crippen LogP contribution in [0.3, 0.4) is 0 Å². The Morgan fingerprint density at radius 1 is 1.28 bits per heavy atom. The Morgan fingerprint density at radius 3 is 2.69 bits per heavy atom. The van der Waals surface area contributed by atoms with Gasteiger partial charge in [0.05, 0.1) is 18.3 Å². The van der Waals surface area contributed by atoms with Crippen LogP contribution in [0.15, 0.2) is 59.2 Å². The van der Waals surface area contributed by atoms with Crippen LogP contribution in [0.1, 0.15) is 53.3 Å². The molecule has 3 atom stereocenters. The molecule has 0 radical (unpaired) electrons. The Balaban J connectivity index is 1.59. The van der Waals surface area contributed by atoms with Gasteiger partial charge in [0, 0.05) is 12.5 Å². The zero-order valence-corrected chi connectivity index (χ0v) is 15.5. The molecule has 6 nitrogen and oxygen atoms in total. The summed E-state index contributed by atoms with van der Waals surface area (Å²) in [5.74, 6) is -0.0200. The Morgan fingerprint density at radius 2 is 2.03 bits per heavy atom. The zero-order valence-electron chi connectivity index (χ0n) is 15.5. The second-order valence-corrected chi connectivity index (χ2v) is 6.97. The molecule has 0 saturated carbocycles. The number of anilines is 1. The highest BCUT2D eigenvalue weighted by atomic mass is 19.4. The number of hydrogen-bond acceptors (Lipinski definition) is 4. The lowest BCUT2D eigenvalue weighted by molar-refractivity contribution is -0.174. The number of carbonyl (C=O) groups is 1. The normalized spacial score (nSPS) is 19.9. The molecule has 0 unspecified atom stereocenters. The number of alkyl halides is 3. The number of rotatable bonds is 4. The van der Waals surface area contributed by atoms with E-state index in [1.807, 2.05) is 30.3 Å². The van der Waals surface area contributed by atoms with Gasteiger partial charge < -0.3 is 15.1 Å². The van der Waals surface area contributed by atoms with Crippen LogP contribution >= 0.6 is 0 Å². The molecule has 2 N–H and O–H groups in total. The highest BCUT2D eigenvalue weighted by molar-refractivity contribution is 5.93. The van der Waals surface area contributed by atoms with Gasteiger partial charge in [0.25, 0.3) is 5.91 Å². The summed E-state index contributed by atoms with van der Waals surface area (Å²) in [6, 6.07) is 11.0. The highest BCUT2D eigenvalue weighted by Gasteiger charge is 2.47. The standard InChI is InChI=1S/C20H19F3N4O2/c1-12(13-6-3-2-4-7-13)24-19(28)15-11-18-25-14(16-8-5-9-29-16)10-17(20(21,22)23)27(18)26-15/h2-9,11-12,14,17,25H,10H2,1H3,(H,24,28)/t12-,14-,17+/m0/s1. The number of aromatic nitrogens is 2. The lowest BCUT2D eigenvalue weighted by Crippen LogP contribution is -2.35. The molecular weight excluding hydrogens is 385 g/mol. The van der Waals surface area contributed by atoms with Crippen LogP contribution in [-0.2, 0) is 0 Å². The number of hydrogen-bond donors (Lipinski definition) is 2. The number of fused-ring (bicyclic) bond motifs is 1. The van der Waals surface area contributed by atoms with Gasteiger partial charge in [-0.15, -0.1) is 0 Å². The maximum atomic E-state index is 13.7. The van der Waals surface area contributed by atoms with E-state index in [1.54, 1.807) is 19.1 Å². The molecule has 0 bridgehead atoms. The van der Waals surface area contributed by atoms with Crippen LogP contribution in [-0.4, -0.2) is 21.9 Å². The third kappa shape index (κ3) is 3.85. The molecule has 0 saturated heterocycles. The fourth-order valence-electron chi connectivity index (χ4n) is 3.46. The zero-order chi connectivity index (χ0) is 20.6. The predicted octanol–water partition coefficient (Wildman–Crippen LogP) is 4.63. The number of amides is 1. The van der Waals surface area contributed by atoms with Crippen molar-refractivity contribution in [3.63, 3.8) is 0 Å². The average molecular weight is 404 g/mol. The third-order valence-electron chi connectivity index (χ3n) is 4.96. The van der Waals surface area contributed by atoms with Crippen molar-refractivity contribution in [1.82, 2.24) is 15.1 Å². The molecule has 29 heavy (non-hydrogen) atoms. The molecule has 1 aromatic carbocycles. The van der Waals surface area contributed by atoms with Gasteiger partial charge in [-0.05, 0) is 24.6 Å². The van der Waals surface area contributed by atoms with Gasteiger partial charge in [0.2, 0.25) is 0 Å². The molecule has 1 aliphatic rings. The molecule has 0 spiro atoms. The molecule has 3 heterocycles. The van der Waals surface area contributed by atoms with Crippen molar-refractivity contribution >= 4 is 11.7 Å². The first kappa shape index (κ1) is 19.1. The minimum absolute atomic E-state index is 0.0790. The summed E-state index contributed by atoms with van der Waals surface area (Å²) in [6.45, 7) is 1.80. The van der Waals surface area contributed by atoms with Crippen LogP contribution < -0.4 is 10.6 Å². The Labute approximate surface area is 164 Å². The van der Waals surface area contributed by atoms with Gasteiger partial charge >= 0.3 is 6.18 Å². The van der Waals surface area contributed by atoms with Gasteiger partial charge in [0.1, 0.15) is 11.6 Å². The minimum atomic E-state index is -4.52. The van der Waals surface area contributed by atoms with Gasteiger partial charge in [-0.1, -0.05) is 30.3 Å². The number of halogens is 3. The molecule has 0 aliphatic carbocycles. The summed E-state index contributed by atoms with van der Waals surface area (Å²) in [5, 5.41) is 9.71. The summed E-state index contributed by atoms with van der Waals surface area (Å²) >= 11 is 0. The Kier molecular flexibility index (Phi) is 4.81. The smallest absolute Gasteiger partial charge is 0.410 e. The van der Waals surface area contributed by atoms with E-state index in [-0.39, 0.29) is 24.0 Å².